The summed E-state index contributed by atoms with van der Waals surface area (Å²) in [6.45, 7) is 2.96. The second-order valence-corrected chi connectivity index (χ2v) is 7.46. The lowest BCUT2D eigenvalue weighted by molar-refractivity contribution is -0.159. The molecule has 24 heavy (non-hydrogen) atoms. The van der Waals surface area contributed by atoms with E-state index in [0.29, 0.717) is 32.7 Å². The van der Waals surface area contributed by atoms with Gasteiger partial charge in [0.05, 0.1) is 12.0 Å². The maximum atomic E-state index is 13.0. The van der Waals surface area contributed by atoms with Crippen molar-refractivity contribution in [2.24, 2.45) is 11.3 Å². The summed E-state index contributed by atoms with van der Waals surface area (Å²) in [5, 5.41) is 0. The quantitative estimate of drug-likeness (QED) is 0.783. The number of carbonyl (C=O) groups is 2. The molecule has 1 aliphatic carbocycles. The summed E-state index contributed by atoms with van der Waals surface area (Å²) in [4.78, 5) is 28.7. The van der Waals surface area contributed by atoms with Crippen molar-refractivity contribution in [2.45, 2.75) is 44.4 Å². The van der Waals surface area contributed by atoms with Crippen molar-refractivity contribution in [3.63, 3.8) is 0 Å². The molecule has 1 spiro atoms. The molecule has 1 saturated carbocycles. The molecule has 0 aromatic heterocycles. The van der Waals surface area contributed by atoms with Crippen molar-refractivity contribution in [1.29, 1.82) is 0 Å². The average Bonchev–Trinajstić information content (AvgIpc) is 2.71. The Morgan fingerprint density at radius 2 is 1.92 bits per heavy atom. The minimum atomic E-state index is -2.67. The molecule has 2 amide bonds. The van der Waals surface area contributed by atoms with Crippen LogP contribution in [0.3, 0.4) is 0 Å². The smallest absolute Gasteiger partial charge is 0.249 e. The van der Waals surface area contributed by atoms with Crippen molar-refractivity contribution in [1.82, 2.24) is 9.80 Å². The second kappa shape index (κ2) is 6.58. The Morgan fingerprint density at radius 1 is 1.21 bits per heavy atom. The van der Waals surface area contributed by atoms with E-state index < -0.39 is 11.8 Å². The zero-order chi connectivity index (χ0) is 17.4. The third-order valence-corrected chi connectivity index (χ3v) is 5.86. The molecular formula is C17H26F2N2O3. The zero-order valence-electron chi connectivity index (χ0n) is 14.2. The fourth-order valence-electron chi connectivity index (χ4n) is 4.28. The molecule has 1 unspecified atom stereocenters. The first-order chi connectivity index (χ1) is 11.4. The minimum Gasteiger partial charge on any atom is -0.383 e. The SMILES string of the molecule is COCCN1CCC2(CCCN(C(=O)C3CC(F)(F)C3)CC2)C1=O. The van der Waals surface area contributed by atoms with Crippen LogP contribution in [0.5, 0.6) is 0 Å². The highest BCUT2D eigenvalue weighted by Gasteiger charge is 2.51. The van der Waals surface area contributed by atoms with Crippen LogP contribution < -0.4 is 0 Å². The number of alkyl halides is 2. The van der Waals surface area contributed by atoms with Crippen LogP contribution in [0.25, 0.3) is 0 Å². The van der Waals surface area contributed by atoms with E-state index in [0.717, 1.165) is 25.8 Å². The van der Waals surface area contributed by atoms with Crippen molar-refractivity contribution < 1.29 is 23.1 Å². The molecule has 0 aromatic carbocycles. The minimum absolute atomic E-state index is 0.153. The number of nitrogens with zero attached hydrogens (tertiary/aromatic N) is 2. The normalized spacial score (nSPS) is 30.5. The van der Waals surface area contributed by atoms with Gasteiger partial charge in [-0.2, -0.15) is 0 Å². The summed E-state index contributed by atoms with van der Waals surface area (Å²) in [7, 11) is 1.62. The van der Waals surface area contributed by atoms with Gasteiger partial charge in [-0.3, -0.25) is 9.59 Å². The number of hydrogen-bond donors (Lipinski definition) is 0. The fraction of sp³-hybridized carbons (Fsp3) is 0.882. The van der Waals surface area contributed by atoms with Gasteiger partial charge in [0.2, 0.25) is 17.7 Å². The Morgan fingerprint density at radius 3 is 2.58 bits per heavy atom. The zero-order valence-corrected chi connectivity index (χ0v) is 14.2. The molecular weight excluding hydrogens is 318 g/mol. The summed E-state index contributed by atoms with van der Waals surface area (Å²) in [5.41, 5.74) is -0.369. The largest absolute Gasteiger partial charge is 0.383 e. The number of rotatable bonds is 4. The lowest BCUT2D eigenvalue weighted by Gasteiger charge is -2.37. The molecule has 0 radical (unpaired) electrons. The first-order valence-corrected chi connectivity index (χ1v) is 8.82. The number of halogens is 2. The lowest BCUT2D eigenvalue weighted by atomic mass is 9.79. The van der Waals surface area contributed by atoms with Gasteiger partial charge in [0.15, 0.2) is 0 Å². The summed E-state index contributed by atoms with van der Waals surface area (Å²) in [6, 6.07) is 0. The molecule has 0 N–H and O–H groups in total. The van der Waals surface area contributed by atoms with Crippen LogP contribution in [0.15, 0.2) is 0 Å². The molecule has 2 aliphatic heterocycles. The van der Waals surface area contributed by atoms with E-state index in [1.165, 1.54) is 0 Å². The third-order valence-electron chi connectivity index (χ3n) is 5.86. The standard InChI is InChI=1S/C17H26F2N2O3/c1-24-10-9-21-8-5-16(15(21)23)3-2-6-20(7-4-16)14(22)13-11-17(18,19)12-13/h13H,2-12H2,1H3. The van der Waals surface area contributed by atoms with Crippen LogP contribution in [-0.4, -0.2) is 67.4 Å². The number of hydrogen-bond acceptors (Lipinski definition) is 3. The molecule has 3 rings (SSSR count). The molecule has 2 heterocycles. The highest BCUT2D eigenvalue weighted by atomic mass is 19.3. The number of ether oxygens (including phenoxy) is 1. The molecule has 7 heteroatoms. The Labute approximate surface area is 141 Å². The Kier molecular flexibility index (Phi) is 4.82. The molecule has 2 saturated heterocycles. The monoisotopic (exact) mass is 344 g/mol. The molecule has 3 fully saturated rings. The van der Waals surface area contributed by atoms with E-state index in [1.54, 1.807) is 12.0 Å². The highest BCUT2D eigenvalue weighted by molar-refractivity contribution is 5.85. The van der Waals surface area contributed by atoms with Crippen molar-refractivity contribution in [2.75, 3.05) is 39.9 Å². The van der Waals surface area contributed by atoms with E-state index in [4.69, 9.17) is 4.74 Å². The summed E-state index contributed by atoms with van der Waals surface area (Å²) in [6.07, 6.45) is 2.36. The summed E-state index contributed by atoms with van der Waals surface area (Å²) >= 11 is 0. The Bertz CT molecular complexity index is 506. The molecule has 1 atom stereocenters. The predicted octanol–water partition coefficient (Wildman–Crippen LogP) is 1.91. The summed E-state index contributed by atoms with van der Waals surface area (Å²) < 4.78 is 31.1. The number of methoxy groups -OCH3 is 1. The van der Waals surface area contributed by atoms with Crippen LogP contribution in [0.1, 0.15) is 38.5 Å². The van der Waals surface area contributed by atoms with E-state index in [9.17, 15) is 18.4 Å². The maximum absolute atomic E-state index is 13.0. The van der Waals surface area contributed by atoms with Gasteiger partial charge >= 0.3 is 0 Å². The van der Waals surface area contributed by atoms with Crippen molar-refractivity contribution >= 4 is 11.8 Å². The number of carbonyl (C=O) groups excluding carboxylic acids is 2. The summed E-state index contributed by atoms with van der Waals surface area (Å²) in [5.74, 6) is -3.19. The number of likely N-dealkylation sites (tertiary alicyclic amines) is 2. The average molecular weight is 344 g/mol. The topological polar surface area (TPSA) is 49.9 Å². The number of amides is 2. The van der Waals surface area contributed by atoms with Gasteiger partial charge in [-0.1, -0.05) is 0 Å². The van der Waals surface area contributed by atoms with Crippen LogP contribution in [0.2, 0.25) is 0 Å². The van der Waals surface area contributed by atoms with Gasteiger partial charge in [-0.15, -0.1) is 0 Å². The van der Waals surface area contributed by atoms with Crippen LogP contribution in [0, 0.1) is 11.3 Å². The van der Waals surface area contributed by atoms with Gasteiger partial charge in [0, 0.05) is 52.0 Å². The van der Waals surface area contributed by atoms with Crippen molar-refractivity contribution in [3.8, 4) is 0 Å². The lowest BCUT2D eigenvalue weighted by Crippen LogP contribution is -2.47. The maximum Gasteiger partial charge on any atom is 0.249 e. The van der Waals surface area contributed by atoms with E-state index in [2.05, 4.69) is 0 Å². The van der Waals surface area contributed by atoms with E-state index in [1.807, 2.05) is 4.90 Å². The van der Waals surface area contributed by atoms with Crippen LogP contribution in [-0.2, 0) is 14.3 Å². The second-order valence-electron chi connectivity index (χ2n) is 7.46. The predicted molar refractivity (Wildman–Crippen MR) is 83.6 cm³/mol. The molecule has 0 aromatic rings. The van der Waals surface area contributed by atoms with Crippen LogP contribution in [0.4, 0.5) is 8.78 Å². The third kappa shape index (κ3) is 3.27. The van der Waals surface area contributed by atoms with Gasteiger partial charge in [-0.05, 0) is 25.7 Å². The molecule has 3 aliphatic rings. The Balaban J connectivity index is 1.57. The first kappa shape index (κ1) is 17.6. The van der Waals surface area contributed by atoms with E-state index >= 15 is 0 Å². The van der Waals surface area contributed by atoms with Gasteiger partial charge in [-0.25, -0.2) is 8.78 Å². The van der Waals surface area contributed by atoms with Gasteiger partial charge in [0.1, 0.15) is 0 Å². The van der Waals surface area contributed by atoms with E-state index in [-0.39, 0.29) is 30.1 Å². The Hall–Kier alpha value is -1.24. The van der Waals surface area contributed by atoms with Crippen LogP contribution >= 0.6 is 0 Å². The molecule has 136 valence electrons. The highest BCUT2D eigenvalue weighted by Crippen LogP contribution is 2.45. The fourth-order valence-corrected chi connectivity index (χ4v) is 4.28. The molecule has 5 nitrogen and oxygen atoms in total. The van der Waals surface area contributed by atoms with Gasteiger partial charge < -0.3 is 14.5 Å². The van der Waals surface area contributed by atoms with Crippen molar-refractivity contribution in [3.05, 3.63) is 0 Å². The van der Waals surface area contributed by atoms with Gasteiger partial charge in [0.25, 0.3) is 0 Å². The first-order valence-electron chi connectivity index (χ1n) is 8.82. The molecule has 0 bridgehead atoms.